The van der Waals surface area contributed by atoms with Crippen molar-refractivity contribution >= 4 is 34.8 Å². The molecule has 1 aromatic carbocycles. The smallest absolute Gasteiger partial charge is 0.255 e. The first kappa shape index (κ1) is 30.1. The molecule has 10 heteroatoms. The molecule has 0 saturated heterocycles. The molecule has 9 nitrogen and oxygen atoms in total. The van der Waals surface area contributed by atoms with E-state index in [9.17, 15) is 34.8 Å². The number of rotatable bonds is 6. The Morgan fingerprint density at radius 2 is 1.77 bits per heavy atom. The molecule has 1 amide bonds. The lowest BCUT2D eigenvalue weighted by molar-refractivity contribution is -0.147. The highest BCUT2D eigenvalue weighted by Crippen LogP contribution is 2.53. The van der Waals surface area contributed by atoms with E-state index in [4.69, 9.17) is 17.3 Å². The Morgan fingerprint density at radius 1 is 1.15 bits per heavy atom. The van der Waals surface area contributed by atoms with Gasteiger partial charge in [0, 0.05) is 35.0 Å². The number of ketones is 2. The number of nitrogens with zero attached hydrogens (tertiary/aromatic N) is 1. The SMILES string of the molecule is CCN(Cc1cc(O)c2c(c1Cl)CC1C[C@H]3CC(=O)C(C(N)=O)=C(O)[C@@]3(O)C(=O)C1=C2O)C(C)(C)CC(C)(C)C. The lowest BCUT2D eigenvalue weighted by Gasteiger charge is -2.46. The zero-order valence-corrected chi connectivity index (χ0v) is 24.6. The molecule has 0 spiro atoms. The molecule has 0 aliphatic heterocycles. The van der Waals surface area contributed by atoms with Crippen LogP contribution in [0.2, 0.25) is 5.02 Å². The van der Waals surface area contributed by atoms with Crippen molar-refractivity contribution < 1.29 is 34.8 Å². The first-order valence-electron chi connectivity index (χ1n) is 13.6. The van der Waals surface area contributed by atoms with Crippen molar-refractivity contribution in [3.8, 4) is 5.75 Å². The fourth-order valence-corrected chi connectivity index (χ4v) is 7.49. The number of carbonyl (C=O) groups excluding carboxylic acids is 3. The van der Waals surface area contributed by atoms with Gasteiger partial charge in [0.15, 0.2) is 11.4 Å². The summed E-state index contributed by atoms with van der Waals surface area (Å²) >= 11 is 6.92. The fourth-order valence-electron chi connectivity index (χ4n) is 7.21. The number of hydrogen-bond acceptors (Lipinski definition) is 8. The summed E-state index contributed by atoms with van der Waals surface area (Å²) in [5, 5.41) is 44.8. The van der Waals surface area contributed by atoms with Gasteiger partial charge in [-0.2, -0.15) is 0 Å². The van der Waals surface area contributed by atoms with Gasteiger partial charge in [0.2, 0.25) is 5.78 Å². The van der Waals surface area contributed by atoms with Crippen LogP contribution in [0.25, 0.3) is 5.76 Å². The monoisotopic (exact) mass is 574 g/mol. The summed E-state index contributed by atoms with van der Waals surface area (Å²) in [4.78, 5) is 40.3. The number of aliphatic hydroxyl groups is 3. The van der Waals surface area contributed by atoms with Crippen LogP contribution >= 0.6 is 11.6 Å². The number of Topliss-reactive ketones (excluding diaryl/α,β-unsaturated/α-hetero) is 2. The Bertz CT molecular complexity index is 1370. The fraction of sp³-hybridized carbons (Fsp3) is 0.567. The minimum Gasteiger partial charge on any atom is -0.508 e. The first-order chi connectivity index (χ1) is 18.3. The Labute approximate surface area is 239 Å². The molecule has 0 bridgehead atoms. The van der Waals surface area contributed by atoms with Gasteiger partial charge in [-0.3, -0.25) is 19.3 Å². The maximum atomic E-state index is 13.6. The molecule has 1 aromatic rings. The molecule has 0 radical (unpaired) electrons. The van der Waals surface area contributed by atoms with Gasteiger partial charge in [-0.1, -0.05) is 39.3 Å². The average molecular weight is 575 g/mol. The minimum absolute atomic E-state index is 0.00196. The number of amides is 1. The van der Waals surface area contributed by atoms with Crippen LogP contribution < -0.4 is 5.73 Å². The standard InChI is InChI=1S/C30H39ClN2O7/c1-7-33(29(5,6)13-28(2,3)4)12-15-10-18(34)21-17(23(15)31)9-14-8-16-11-19(35)22(27(32)39)26(38)30(16,40)25(37)20(14)24(21)36/h10,14,16,34,36,38,40H,7-9,11-13H2,1-6H3,(H2,32,39)/t14?,16-,30-/m0/s1. The number of aliphatic hydroxyl groups excluding tert-OH is 2. The average Bonchev–Trinajstić information content (AvgIpc) is 2.80. The van der Waals surface area contributed by atoms with Crippen molar-refractivity contribution in [1.29, 1.82) is 0 Å². The minimum atomic E-state index is -2.59. The predicted octanol–water partition coefficient (Wildman–Crippen LogP) is 4.11. The van der Waals surface area contributed by atoms with E-state index < -0.39 is 52.0 Å². The van der Waals surface area contributed by atoms with Crippen LogP contribution in [0.15, 0.2) is 23.0 Å². The third-order valence-electron chi connectivity index (χ3n) is 8.63. The van der Waals surface area contributed by atoms with Gasteiger partial charge in [-0.15, -0.1) is 0 Å². The van der Waals surface area contributed by atoms with E-state index in [-0.39, 0.29) is 47.1 Å². The van der Waals surface area contributed by atoms with Crippen molar-refractivity contribution in [3.63, 3.8) is 0 Å². The Morgan fingerprint density at radius 3 is 2.33 bits per heavy atom. The van der Waals surface area contributed by atoms with Crippen LogP contribution in [0, 0.1) is 17.3 Å². The van der Waals surface area contributed by atoms with Crippen molar-refractivity contribution in [2.24, 2.45) is 23.0 Å². The number of primary amides is 1. The quantitative estimate of drug-likeness (QED) is 0.317. The maximum Gasteiger partial charge on any atom is 0.255 e. The summed E-state index contributed by atoms with van der Waals surface area (Å²) in [5.74, 6) is -6.58. The summed E-state index contributed by atoms with van der Waals surface area (Å²) in [5.41, 5.74) is 2.71. The Hall–Kier alpha value is -2.88. The van der Waals surface area contributed by atoms with Crippen molar-refractivity contribution in [2.45, 2.75) is 84.9 Å². The molecule has 3 atom stereocenters. The highest BCUT2D eigenvalue weighted by Gasteiger charge is 2.60. The molecule has 0 heterocycles. The summed E-state index contributed by atoms with van der Waals surface area (Å²) < 4.78 is 0. The van der Waals surface area contributed by atoms with Crippen LogP contribution in [0.3, 0.4) is 0 Å². The van der Waals surface area contributed by atoms with Gasteiger partial charge in [-0.05, 0) is 68.2 Å². The second-order valence-electron chi connectivity index (χ2n) is 13.2. The van der Waals surface area contributed by atoms with E-state index in [1.165, 1.54) is 6.07 Å². The number of benzene rings is 1. The predicted molar refractivity (Wildman–Crippen MR) is 151 cm³/mol. The van der Waals surface area contributed by atoms with Gasteiger partial charge in [0.25, 0.3) is 5.91 Å². The number of carbonyl (C=O) groups is 3. The lowest BCUT2D eigenvalue weighted by atomic mass is 9.59. The maximum absolute atomic E-state index is 13.6. The van der Waals surface area contributed by atoms with E-state index >= 15 is 0 Å². The van der Waals surface area contributed by atoms with Crippen molar-refractivity contribution in [3.05, 3.63) is 44.7 Å². The van der Waals surface area contributed by atoms with Gasteiger partial charge < -0.3 is 26.2 Å². The third-order valence-corrected chi connectivity index (χ3v) is 9.10. The molecular formula is C30H39ClN2O7. The highest BCUT2D eigenvalue weighted by atomic mass is 35.5. The van der Waals surface area contributed by atoms with Crippen molar-refractivity contribution in [1.82, 2.24) is 4.90 Å². The van der Waals surface area contributed by atoms with Gasteiger partial charge in [-0.25, -0.2) is 0 Å². The number of phenols is 1. The second kappa shape index (κ2) is 9.89. The Balaban J connectivity index is 1.79. The zero-order chi connectivity index (χ0) is 30.1. The molecule has 40 heavy (non-hydrogen) atoms. The number of fused-ring (bicyclic) bond motifs is 3. The van der Waals surface area contributed by atoms with E-state index in [2.05, 4.69) is 46.4 Å². The molecule has 0 aromatic heterocycles. The van der Waals surface area contributed by atoms with Crippen LogP contribution in [-0.2, 0) is 27.3 Å². The molecule has 4 rings (SSSR count). The third kappa shape index (κ3) is 4.72. The molecule has 1 unspecified atom stereocenters. The molecule has 1 saturated carbocycles. The molecule has 218 valence electrons. The number of halogens is 1. The largest absolute Gasteiger partial charge is 0.508 e. The van der Waals surface area contributed by atoms with E-state index in [1.54, 1.807) is 0 Å². The molecular weight excluding hydrogens is 536 g/mol. The number of nitrogens with two attached hydrogens (primary N) is 1. The Kier molecular flexibility index (Phi) is 7.44. The topological polar surface area (TPSA) is 161 Å². The molecule has 6 N–H and O–H groups in total. The molecule has 1 fully saturated rings. The molecule has 3 aliphatic rings. The summed E-state index contributed by atoms with van der Waals surface area (Å²) in [6.07, 6.45) is 0.784. The first-order valence-corrected chi connectivity index (χ1v) is 14.0. The second-order valence-corrected chi connectivity index (χ2v) is 13.6. The lowest BCUT2D eigenvalue weighted by Crippen LogP contribution is -2.58. The number of aromatic hydroxyl groups is 1. The summed E-state index contributed by atoms with van der Waals surface area (Å²) in [6.45, 7) is 14.1. The van der Waals surface area contributed by atoms with Crippen LogP contribution in [0.5, 0.6) is 5.75 Å². The van der Waals surface area contributed by atoms with Gasteiger partial charge in [0.05, 0.1) is 5.56 Å². The number of hydrogen-bond donors (Lipinski definition) is 5. The van der Waals surface area contributed by atoms with Gasteiger partial charge in [0.1, 0.15) is 22.8 Å². The van der Waals surface area contributed by atoms with Crippen LogP contribution in [0.1, 0.15) is 77.5 Å². The van der Waals surface area contributed by atoms with E-state index in [0.717, 1.165) is 13.0 Å². The van der Waals surface area contributed by atoms with Crippen LogP contribution in [-0.4, -0.2) is 60.5 Å². The number of phenolic OH excluding ortho intramolecular Hbond substituents is 1. The zero-order valence-electron chi connectivity index (χ0n) is 23.9. The van der Waals surface area contributed by atoms with E-state index in [0.29, 0.717) is 22.7 Å². The molecule has 3 aliphatic carbocycles. The van der Waals surface area contributed by atoms with E-state index in [1.807, 2.05) is 0 Å². The van der Waals surface area contributed by atoms with Crippen LogP contribution in [0.4, 0.5) is 0 Å². The van der Waals surface area contributed by atoms with Crippen molar-refractivity contribution in [2.75, 3.05) is 6.54 Å². The summed E-state index contributed by atoms with van der Waals surface area (Å²) in [7, 11) is 0. The van der Waals surface area contributed by atoms with Gasteiger partial charge >= 0.3 is 0 Å². The normalized spacial score (nSPS) is 25.2. The highest BCUT2D eigenvalue weighted by molar-refractivity contribution is 6.32. The summed E-state index contributed by atoms with van der Waals surface area (Å²) in [6, 6.07) is 1.49.